The summed E-state index contributed by atoms with van der Waals surface area (Å²) in [5.41, 5.74) is 1.43. The lowest BCUT2D eigenvalue weighted by atomic mass is 9.77. The third-order valence-corrected chi connectivity index (χ3v) is 5.64. The third-order valence-electron chi connectivity index (χ3n) is 5.39. The van der Waals surface area contributed by atoms with Gasteiger partial charge in [-0.15, -0.1) is 0 Å². The highest BCUT2D eigenvalue weighted by Gasteiger charge is 2.36. The first-order valence-electron chi connectivity index (χ1n) is 8.66. The summed E-state index contributed by atoms with van der Waals surface area (Å²) in [5, 5.41) is 4.88. The quantitative estimate of drug-likeness (QED) is 0.747. The van der Waals surface area contributed by atoms with Gasteiger partial charge in [-0.25, -0.2) is 0 Å². The highest BCUT2D eigenvalue weighted by atomic mass is 35.5. The molecular formula is C19H28ClN. The summed E-state index contributed by atoms with van der Waals surface area (Å²) >= 11 is 6.05. The van der Waals surface area contributed by atoms with Gasteiger partial charge in [-0.2, -0.15) is 0 Å². The minimum atomic E-state index is 0.534. The molecule has 0 aliphatic heterocycles. The Hall–Kier alpha value is -0.530. The van der Waals surface area contributed by atoms with Crippen LogP contribution in [-0.2, 0) is 0 Å². The van der Waals surface area contributed by atoms with Crippen molar-refractivity contribution < 1.29 is 0 Å². The van der Waals surface area contributed by atoms with Crippen molar-refractivity contribution in [2.24, 2.45) is 17.8 Å². The molecule has 0 amide bonds. The Morgan fingerprint density at radius 1 is 1.00 bits per heavy atom. The molecule has 2 aliphatic carbocycles. The van der Waals surface area contributed by atoms with Gasteiger partial charge in [0, 0.05) is 17.1 Å². The predicted molar refractivity (Wildman–Crippen MR) is 90.6 cm³/mol. The third kappa shape index (κ3) is 3.81. The normalized spacial score (nSPS) is 27.8. The largest absolute Gasteiger partial charge is 0.307 e. The van der Waals surface area contributed by atoms with Crippen LogP contribution in [0.3, 0.4) is 0 Å². The molecule has 0 bridgehead atoms. The van der Waals surface area contributed by atoms with Crippen molar-refractivity contribution in [3.63, 3.8) is 0 Å². The molecule has 1 aromatic carbocycles. The van der Waals surface area contributed by atoms with Crippen LogP contribution in [0.2, 0.25) is 5.02 Å². The van der Waals surface area contributed by atoms with Crippen LogP contribution in [0.5, 0.6) is 0 Å². The highest BCUT2D eigenvalue weighted by Crippen LogP contribution is 2.43. The van der Waals surface area contributed by atoms with Crippen LogP contribution in [0.15, 0.2) is 24.3 Å². The Morgan fingerprint density at radius 2 is 1.67 bits per heavy atom. The average Bonchev–Trinajstić information content (AvgIpc) is 3.31. The number of benzene rings is 1. The summed E-state index contributed by atoms with van der Waals surface area (Å²) in [6, 6.07) is 9.73. The first kappa shape index (κ1) is 15.4. The van der Waals surface area contributed by atoms with E-state index in [1.54, 1.807) is 0 Å². The smallest absolute Gasteiger partial charge is 0.0406 e. The molecule has 0 aromatic heterocycles. The van der Waals surface area contributed by atoms with Gasteiger partial charge in [0.15, 0.2) is 0 Å². The van der Waals surface area contributed by atoms with E-state index in [-0.39, 0.29) is 0 Å². The van der Waals surface area contributed by atoms with Crippen molar-refractivity contribution in [2.75, 3.05) is 0 Å². The van der Waals surface area contributed by atoms with E-state index in [2.05, 4.69) is 31.3 Å². The number of hydrogen-bond donors (Lipinski definition) is 1. The fourth-order valence-electron chi connectivity index (χ4n) is 4.00. The second kappa shape index (κ2) is 6.71. The predicted octanol–water partition coefficient (Wildman–Crippen LogP) is 5.60. The van der Waals surface area contributed by atoms with E-state index in [1.807, 2.05) is 12.1 Å². The molecule has 2 heteroatoms. The maximum atomic E-state index is 6.05. The van der Waals surface area contributed by atoms with Crippen molar-refractivity contribution in [1.29, 1.82) is 0 Å². The number of rotatable bonds is 5. The van der Waals surface area contributed by atoms with Gasteiger partial charge in [0.2, 0.25) is 0 Å². The van der Waals surface area contributed by atoms with Crippen LogP contribution in [0.1, 0.15) is 64.0 Å². The van der Waals surface area contributed by atoms with Crippen molar-refractivity contribution in [2.45, 2.75) is 64.5 Å². The Balaban J connectivity index is 1.73. The molecule has 3 unspecified atom stereocenters. The lowest BCUT2D eigenvalue weighted by Gasteiger charge is -2.38. The Bertz CT molecular complexity index is 449. The van der Waals surface area contributed by atoms with Gasteiger partial charge in [-0.1, -0.05) is 50.4 Å². The van der Waals surface area contributed by atoms with Gasteiger partial charge in [0.25, 0.3) is 0 Å². The number of nitrogens with one attached hydrogen (secondary N) is 1. The zero-order valence-electron chi connectivity index (χ0n) is 13.3. The molecule has 21 heavy (non-hydrogen) atoms. The van der Waals surface area contributed by atoms with Crippen LogP contribution >= 0.6 is 11.6 Å². The van der Waals surface area contributed by atoms with E-state index in [1.165, 1.54) is 44.1 Å². The minimum absolute atomic E-state index is 0.534. The van der Waals surface area contributed by atoms with E-state index in [0.717, 1.165) is 22.8 Å². The first-order chi connectivity index (χ1) is 10.1. The maximum Gasteiger partial charge on any atom is 0.0406 e. The molecule has 3 atom stereocenters. The average molecular weight is 306 g/mol. The molecule has 2 aliphatic rings. The zero-order valence-corrected chi connectivity index (χ0v) is 14.1. The van der Waals surface area contributed by atoms with E-state index < -0.39 is 0 Å². The van der Waals surface area contributed by atoms with Crippen molar-refractivity contribution in [3.8, 4) is 0 Å². The van der Waals surface area contributed by atoms with E-state index >= 15 is 0 Å². The zero-order chi connectivity index (χ0) is 14.8. The van der Waals surface area contributed by atoms with Crippen LogP contribution in [-0.4, -0.2) is 6.04 Å². The van der Waals surface area contributed by atoms with Crippen LogP contribution in [0, 0.1) is 17.8 Å². The van der Waals surface area contributed by atoms with Crippen molar-refractivity contribution in [1.82, 2.24) is 5.32 Å². The summed E-state index contributed by atoms with van der Waals surface area (Å²) in [6.45, 7) is 4.78. The molecule has 116 valence electrons. The van der Waals surface area contributed by atoms with Crippen LogP contribution < -0.4 is 5.32 Å². The van der Waals surface area contributed by atoms with Crippen LogP contribution in [0.25, 0.3) is 0 Å². The van der Waals surface area contributed by atoms with Crippen molar-refractivity contribution in [3.05, 3.63) is 34.9 Å². The van der Waals surface area contributed by atoms with E-state index in [4.69, 9.17) is 11.6 Å². The molecule has 0 heterocycles. The van der Waals surface area contributed by atoms with Gasteiger partial charge < -0.3 is 5.32 Å². The van der Waals surface area contributed by atoms with E-state index in [9.17, 15) is 0 Å². The summed E-state index contributed by atoms with van der Waals surface area (Å²) in [7, 11) is 0. The lowest BCUT2D eigenvalue weighted by Crippen LogP contribution is -2.43. The van der Waals surface area contributed by atoms with Gasteiger partial charge in [0.05, 0.1) is 0 Å². The molecule has 3 rings (SSSR count). The summed E-state index contributed by atoms with van der Waals surface area (Å²) in [5.74, 6) is 2.46. The molecule has 1 N–H and O–H groups in total. The summed E-state index contributed by atoms with van der Waals surface area (Å²) in [6.07, 6.45) is 8.29. The van der Waals surface area contributed by atoms with Gasteiger partial charge in [-0.3, -0.25) is 0 Å². The highest BCUT2D eigenvalue weighted by molar-refractivity contribution is 6.30. The molecule has 0 radical (unpaired) electrons. The Kier molecular flexibility index (Phi) is 4.91. The monoisotopic (exact) mass is 305 g/mol. The molecule has 1 nitrogen and oxygen atoms in total. The van der Waals surface area contributed by atoms with Crippen molar-refractivity contribution >= 4 is 11.6 Å². The standard InChI is InChI=1S/C19H28ClN/c1-13(2)17-5-3-4-6-18(17)21-19(14-7-8-14)15-9-11-16(20)12-10-15/h9-14,17-19,21H,3-8H2,1-2H3. The topological polar surface area (TPSA) is 12.0 Å². The maximum absolute atomic E-state index is 6.05. The fraction of sp³-hybridized carbons (Fsp3) is 0.684. The molecule has 2 fully saturated rings. The van der Waals surface area contributed by atoms with Gasteiger partial charge in [0.1, 0.15) is 0 Å². The minimum Gasteiger partial charge on any atom is -0.307 e. The molecular weight excluding hydrogens is 278 g/mol. The number of hydrogen-bond acceptors (Lipinski definition) is 1. The second-order valence-electron chi connectivity index (χ2n) is 7.33. The fourth-order valence-corrected chi connectivity index (χ4v) is 4.13. The van der Waals surface area contributed by atoms with E-state index in [0.29, 0.717) is 12.1 Å². The SMILES string of the molecule is CC(C)C1CCCCC1NC(c1ccc(Cl)cc1)C1CC1. The van der Waals surface area contributed by atoms with Gasteiger partial charge in [-0.05, 0) is 61.1 Å². The van der Waals surface area contributed by atoms with Gasteiger partial charge >= 0.3 is 0 Å². The second-order valence-corrected chi connectivity index (χ2v) is 7.77. The molecule has 2 saturated carbocycles. The molecule has 0 spiro atoms. The lowest BCUT2D eigenvalue weighted by molar-refractivity contribution is 0.187. The van der Waals surface area contributed by atoms with Crippen LogP contribution in [0.4, 0.5) is 0 Å². The molecule has 1 aromatic rings. The summed E-state index contributed by atoms with van der Waals surface area (Å²) in [4.78, 5) is 0. The Morgan fingerprint density at radius 3 is 2.29 bits per heavy atom. The Labute approximate surface area is 134 Å². The molecule has 0 saturated heterocycles. The number of halogens is 1. The first-order valence-corrected chi connectivity index (χ1v) is 9.04. The summed E-state index contributed by atoms with van der Waals surface area (Å²) < 4.78 is 0.